The van der Waals surface area contributed by atoms with Gasteiger partial charge in [0.05, 0.1) is 12.1 Å². The summed E-state index contributed by atoms with van der Waals surface area (Å²) >= 11 is 0. The van der Waals surface area contributed by atoms with Crippen LogP contribution in [0, 0.1) is 11.8 Å². The van der Waals surface area contributed by atoms with E-state index in [1.165, 1.54) is 38.5 Å². The third-order valence-corrected chi connectivity index (χ3v) is 6.29. The van der Waals surface area contributed by atoms with Crippen LogP contribution in [0.4, 0.5) is 0 Å². The van der Waals surface area contributed by atoms with Crippen LogP contribution in [0.5, 0.6) is 0 Å². The van der Waals surface area contributed by atoms with Crippen LogP contribution >= 0.6 is 12.4 Å². The second-order valence-corrected chi connectivity index (χ2v) is 7.51. The zero-order valence-electron chi connectivity index (χ0n) is 13.3. The van der Waals surface area contributed by atoms with E-state index in [1.54, 1.807) is 0 Å². The minimum Gasteiger partial charge on any atom is -0.378 e. The van der Waals surface area contributed by atoms with Crippen molar-refractivity contribution in [2.75, 3.05) is 6.61 Å². The van der Waals surface area contributed by atoms with Crippen molar-refractivity contribution in [3.8, 4) is 0 Å². The summed E-state index contributed by atoms with van der Waals surface area (Å²) in [5.41, 5.74) is 0. The van der Waals surface area contributed by atoms with Crippen molar-refractivity contribution in [2.24, 2.45) is 11.8 Å². The first-order valence-electron chi connectivity index (χ1n) is 8.99. The number of nitrogens with one attached hydrogen (secondary N) is 2. The molecule has 4 rings (SSSR count). The number of halogens is 1. The molecule has 0 radical (unpaired) electrons. The Kier molecular flexibility index (Phi) is 5.31. The van der Waals surface area contributed by atoms with Crippen LogP contribution in [0.25, 0.3) is 0 Å². The van der Waals surface area contributed by atoms with Crippen molar-refractivity contribution in [1.29, 1.82) is 0 Å². The number of hydrogen-bond donors (Lipinski definition) is 2. The van der Waals surface area contributed by atoms with Gasteiger partial charge in [-0.15, -0.1) is 12.4 Å². The smallest absolute Gasteiger partial charge is 0.237 e. The van der Waals surface area contributed by atoms with Crippen LogP contribution in [0.3, 0.4) is 0 Å². The molecule has 0 aromatic carbocycles. The van der Waals surface area contributed by atoms with Crippen LogP contribution < -0.4 is 10.6 Å². The second kappa shape index (κ2) is 7.06. The molecule has 0 spiro atoms. The Labute approximate surface area is 139 Å². The molecule has 2 aliphatic heterocycles. The van der Waals surface area contributed by atoms with Gasteiger partial charge in [0.25, 0.3) is 0 Å². The molecule has 6 unspecified atom stereocenters. The third-order valence-electron chi connectivity index (χ3n) is 6.29. The van der Waals surface area contributed by atoms with E-state index in [4.69, 9.17) is 4.74 Å². The van der Waals surface area contributed by atoms with Gasteiger partial charge in [-0.2, -0.15) is 0 Å². The fourth-order valence-electron chi connectivity index (χ4n) is 5.16. The Hall–Kier alpha value is -0.320. The van der Waals surface area contributed by atoms with Gasteiger partial charge in [-0.25, -0.2) is 0 Å². The Morgan fingerprint density at radius 1 is 1.05 bits per heavy atom. The molecule has 22 heavy (non-hydrogen) atoms. The molecule has 2 saturated carbocycles. The standard InChI is InChI=1S/C17H28N2O2.ClH/c20-17(15-10-11-4-1-2-5-13(11)18-15)19-14-6-3-7-16-12(14)8-9-21-16;/h11-16,18H,1-10H2,(H,19,20);1H. The molecule has 2 saturated heterocycles. The Morgan fingerprint density at radius 2 is 1.91 bits per heavy atom. The highest BCUT2D eigenvalue weighted by Crippen LogP contribution is 2.36. The number of fused-ring (bicyclic) bond motifs is 2. The maximum atomic E-state index is 12.6. The summed E-state index contributed by atoms with van der Waals surface area (Å²) in [6.07, 6.45) is 11.3. The highest BCUT2D eigenvalue weighted by molar-refractivity contribution is 5.85. The molecule has 4 aliphatic rings. The van der Waals surface area contributed by atoms with E-state index in [0.717, 1.165) is 31.8 Å². The van der Waals surface area contributed by atoms with Gasteiger partial charge in [0.1, 0.15) is 0 Å². The Balaban J connectivity index is 0.00000144. The zero-order chi connectivity index (χ0) is 14.2. The molecule has 2 N–H and O–H groups in total. The van der Waals surface area contributed by atoms with Crippen molar-refractivity contribution in [1.82, 2.24) is 10.6 Å². The number of ether oxygens (including phenoxy) is 1. The molecule has 1 amide bonds. The summed E-state index contributed by atoms with van der Waals surface area (Å²) in [6, 6.07) is 1.01. The maximum Gasteiger partial charge on any atom is 0.237 e. The number of hydrogen-bond acceptors (Lipinski definition) is 3. The first kappa shape index (κ1) is 16.5. The Bertz CT molecular complexity index is 392. The van der Waals surface area contributed by atoms with Gasteiger partial charge >= 0.3 is 0 Å². The van der Waals surface area contributed by atoms with Gasteiger partial charge in [0.2, 0.25) is 5.91 Å². The van der Waals surface area contributed by atoms with E-state index < -0.39 is 0 Å². The van der Waals surface area contributed by atoms with E-state index in [2.05, 4.69) is 10.6 Å². The van der Waals surface area contributed by atoms with Gasteiger partial charge in [-0.1, -0.05) is 12.8 Å². The molecule has 2 heterocycles. The minimum absolute atomic E-state index is 0. The SMILES string of the molecule is Cl.O=C(NC1CCCC2OCCC12)C1CC2CCCCC2N1. The van der Waals surface area contributed by atoms with Crippen LogP contribution in [0.15, 0.2) is 0 Å². The predicted molar refractivity (Wildman–Crippen MR) is 88.2 cm³/mol. The van der Waals surface area contributed by atoms with E-state index in [-0.39, 0.29) is 24.4 Å². The topological polar surface area (TPSA) is 50.4 Å². The fraction of sp³-hybridized carbons (Fsp3) is 0.941. The maximum absolute atomic E-state index is 12.6. The van der Waals surface area contributed by atoms with Crippen LogP contribution in [0.2, 0.25) is 0 Å². The van der Waals surface area contributed by atoms with Crippen LogP contribution in [-0.2, 0) is 9.53 Å². The van der Waals surface area contributed by atoms with Crippen LogP contribution in [0.1, 0.15) is 57.8 Å². The molecule has 4 nitrogen and oxygen atoms in total. The molecule has 4 fully saturated rings. The predicted octanol–water partition coefficient (Wildman–Crippen LogP) is 2.40. The van der Waals surface area contributed by atoms with Gasteiger partial charge in [-0.3, -0.25) is 4.79 Å². The van der Waals surface area contributed by atoms with Crippen molar-refractivity contribution >= 4 is 18.3 Å². The summed E-state index contributed by atoms with van der Waals surface area (Å²) in [5, 5.41) is 6.96. The summed E-state index contributed by atoms with van der Waals surface area (Å²) < 4.78 is 5.80. The number of carbonyl (C=O) groups is 1. The average Bonchev–Trinajstić information content (AvgIpc) is 3.14. The van der Waals surface area contributed by atoms with Gasteiger partial charge in [-0.05, 0) is 50.9 Å². The van der Waals surface area contributed by atoms with Gasteiger partial charge in [0, 0.05) is 24.6 Å². The lowest BCUT2D eigenvalue weighted by molar-refractivity contribution is -0.124. The number of amides is 1. The summed E-state index contributed by atoms with van der Waals surface area (Å²) in [5.74, 6) is 1.55. The molecule has 126 valence electrons. The van der Waals surface area contributed by atoms with Crippen molar-refractivity contribution < 1.29 is 9.53 Å². The molecule has 0 bridgehead atoms. The molecule has 6 atom stereocenters. The molecule has 0 aromatic rings. The largest absolute Gasteiger partial charge is 0.378 e. The highest BCUT2D eigenvalue weighted by Gasteiger charge is 2.42. The summed E-state index contributed by atoms with van der Waals surface area (Å²) in [7, 11) is 0. The van der Waals surface area contributed by atoms with E-state index in [0.29, 0.717) is 24.1 Å². The van der Waals surface area contributed by atoms with Crippen molar-refractivity contribution in [3.05, 3.63) is 0 Å². The van der Waals surface area contributed by atoms with Gasteiger partial charge in [0.15, 0.2) is 0 Å². The van der Waals surface area contributed by atoms with Crippen LogP contribution in [-0.4, -0.2) is 36.7 Å². The quantitative estimate of drug-likeness (QED) is 0.818. The molecule has 5 heteroatoms. The number of carbonyl (C=O) groups excluding carboxylic acids is 1. The average molecular weight is 329 g/mol. The lowest BCUT2D eigenvalue weighted by atomic mass is 9.81. The zero-order valence-corrected chi connectivity index (χ0v) is 14.1. The summed E-state index contributed by atoms with van der Waals surface area (Å²) in [6.45, 7) is 0.882. The van der Waals surface area contributed by atoms with Gasteiger partial charge < -0.3 is 15.4 Å². The van der Waals surface area contributed by atoms with E-state index in [9.17, 15) is 4.79 Å². The number of rotatable bonds is 2. The van der Waals surface area contributed by atoms with E-state index in [1.807, 2.05) is 0 Å². The normalized spacial score (nSPS) is 43.8. The first-order chi connectivity index (χ1) is 10.3. The fourth-order valence-corrected chi connectivity index (χ4v) is 5.16. The molecular weight excluding hydrogens is 300 g/mol. The minimum atomic E-state index is 0. The lowest BCUT2D eigenvalue weighted by Gasteiger charge is -2.33. The first-order valence-corrected chi connectivity index (χ1v) is 8.99. The van der Waals surface area contributed by atoms with Crippen molar-refractivity contribution in [2.45, 2.75) is 82.0 Å². The molecule has 0 aromatic heterocycles. The highest BCUT2D eigenvalue weighted by atomic mass is 35.5. The Morgan fingerprint density at radius 3 is 2.77 bits per heavy atom. The third kappa shape index (κ3) is 3.15. The van der Waals surface area contributed by atoms with Crippen molar-refractivity contribution in [3.63, 3.8) is 0 Å². The second-order valence-electron chi connectivity index (χ2n) is 7.51. The molecular formula is C17H29ClN2O2. The monoisotopic (exact) mass is 328 g/mol. The molecule has 2 aliphatic carbocycles. The van der Waals surface area contributed by atoms with E-state index >= 15 is 0 Å². The lowest BCUT2D eigenvalue weighted by Crippen LogP contribution is -2.51. The summed E-state index contributed by atoms with van der Waals surface area (Å²) in [4.78, 5) is 12.6.